The highest BCUT2D eigenvalue weighted by atomic mass is 16.5. The maximum atomic E-state index is 5.89. The Balaban J connectivity index is 1.69. The maximum absolute atomic E-state index is 5.89. The Labute approximate surface area is 143 Å². The van der Waals surface area contributed by atoms with Crippen molar-refractivity contribution in [2.45, 2.75) is 26.1 Å². The van der Waals surface area contributed by atoms with E-state index in [1.165, 1.54) is 5.56 Å². The molecule has 1 aromatic heterocycles. The van der Waals surface area contributed by atoms with Gasteiger partial charge in [0.15, 0.2) is 0 Å². The topological polar surface area (TPSA) is 39.1 Å². The summed E-state index contributed by atoms with van der Waals surface area (Å²) in [6.07, 6.45) is 0.958. The molecule has 0 bridgehead atoms. The zero-order valence-corrected chi connectivity index (χ0v) is 14.0. The lowest BCUT2D eigenvalue weighted by Crippen LogP contribution is -2.11. The van der Waals surface area contributed by atoms with Crippen molar-refractivity contribution in [3.8, 4) is 5.75 Å². The van der Waals surface area contributed by atoms with Crippen LogP contribution in [-0.2, 0) is 26.1 Å². The van der Waals surface area contributed by atoms with E-state index in [2.05, 4.69) is 40.3 Å². The molecule has 0 unspecified atom stereocenters. The van der Waals surface area contributed by atoms with Crippen molar-refractivity contribution in [2.75, 3.05) is 7.05 Å². The Kier molecular flexibility index (Phi) is 5.64. The average Bonchev–Trinajstić information content (AvgIpc) is 3.02. The number of ether oxygens (including phenoxy) is 1. The summed E-state index contributed by atoms with van der Waals surface area (Å²) in [6.45, 7) is 2.13. The highest BCUT2D eigenvalue weighted by Crippen LogP contribution is 2.13. The minimum atomic E-state index is 0.523. The zero-order chi connectivity index (χ0) is 16.6. The molecule has 24 heavy (non-hydrogen) atoms. The lowest BCUT2D eigenvalue weighted by Gasteiger charge is -2.09. The molecule has 1 N–H and O–H groups in total. The van der Waals surface area contributed by atoms with Gasteiger partial charge in [0.2, 0.25) is 0 Å². The Bertz CT molecular complexity index is 677. The van der Waals surface area contributed by atoms with Crippen LogP contribution in [0.1, 0.15) is 17.0 Å². The first-order chi connectivity index (χ1) is 11.8. The van der Waals surface area contributed by atoms with Crippen molar-refractivity contribution >= 4 is 0 Å². The van der Waals surface area contributed by atoms with Gasteiger partial charge in [-0.1, -0.05) is 48.5 Å². The molecule has 4 nitrogen and oxygen atoms in total. The summed E-state index contributed by atoms with van der Waals surface area (Å²) < 4.78 is 7.95. The number of para-hydroxylation sites is 1. The summed E-state index contributed by atoms with van der Waals surface area (Å²) in [4.78, 5) is 0. The van der Waals surface area contributed by atoms with E-state index >= 15 is 0 Å². The summed E-state index contributed by atoms with van der Waals surface area (Å²) in [5.74, 6) is 0.878. The number of aryl methyl sites for hydroxylation is 2. The van der Waals surface area contributed by atoms with Gasteiger partial charge in [0, 0.05) is 13.1 Å². The minimum absolute atomic E-state index is 0.523. The summed E-state index contributed by atoms with van der Waals surface area (Å²) in [6, 6.07) is 22.5. The molecular weight excluding hydrogens is 298 g/mol. The summed E-state index contributed by atoms with van der Waals surface area (Å²) in [5.41, 5.74) is 3.45. The van der Waals surface area contributed by atoms with Crippen LogP contribution in [0.2, 0.25) is 0 Å². The number of benzene rings is 2. The largest absolute Gasteiger partial charge is 0.487 e. The number of nitrogens with zero attached hydrogens (tertiary/aromatic N) is 2. The van der Waals surface area contributed by atoms with Crippen LogP contribution in [-0.4, -0.2) is 16.8 Å². The van der Waals surface area contributed by atoms with Crippen LogP contribution in [0.3, 0.4) is 0 Å². The molecule has 0 saturated heterocycles. The number of rotatable bonds is 8. The van der Waals surface area contributed by atoms with Crippen molar-refractivity contribution in [3.05, 3.63) is 83.7 Å². The fourth-order valence-corrected chi connectivity index (χ4v) is 2.65. The monoisotopic (exact) mass is 321 g/mol. The molecule has 0 aliphatic carbocycles. The van der Waals surface area contributed by atoms with Crippen LogP contribution >= 0.6 is 0 Å². The third-order valence-electron chi connectivity index (χ3n) is 3.86. The molecule has 0 amide bonds. The van der Waals surface area contributed by atoms with Gasteiger partial charge in [-0.15, -0.1) is 0 Å². The molecular formula is C20H23N3O. The van der Waals surface area contributed by atoms with Crippen molar-refractivity contribution < 1.29 is 4.74 Å². The van der Waals surface area contributed by atoms with E-state index in [-0.39, 0.29) is 0 Å². The van der Waals surface area contributed by atoms with E-state index in [1.807, 2.05) is 43.4 Å². The van der Waals surface area contributed by atoms with Gasteiger partial charge in [-0.05, 0) is 37.2 Å². The molecule has 3 rings (SSSR count). The normalized spacial score (nSPS) is 10.7. The second-order valence-electron chi connectivity index (χ2n) is 5.72. The summed E-state index contributed by atoms with van der Waals surface area (Å²) in [5, 5.41) is 7.86. The molecule has 1 heterocycles. The Morgan fingerprint density at radius 1 is 1.00 bits per heavy atom. The van der Waals surface area contributed by atoms with Crippen LogP contribution < -0.4 is 10.1 Å². The van der Waals surface area contributed by atoms with Crippen LogP contribution in [0.5, 0.6) is 5.75 Å². The predicted octanol–water partition coefficient (Wildman–Crippen LogP) is 3.42. The molecule has 0 aliphatic heterocycles. The lowest BCUT2D eigenvalue weighted by atomic mass is 10.1. The first-order valence-corrected chi connectivity index (χ1v) is 8.27. The van der Waals surface area contributed by atoms with E-state index in [0.717, 1.165) is 36.6 Å². The van der Waals surface area contributed by atoms with Gasteiger partial charge in [0.1, 0.15) is 12.4 Å². The number of hydrogen-bond acceptors (Lipinski definition) is 3. The van der Waals surface area contributed by atoms with Crippen LogP contribution in [0.4, 0.5) is 0 Å². The van der Waals surface area contributed by atoms with E-state index < -0.39 is 0 Å². The van der Waals surface area contributed by atoms with E-state index in [1.54, 1.807) is 0 Å². The van der Waals surface area contributed by atoms with Crippen molar-refractivity contribution in [3.63, 3.8) is 0 Å². The molecule has 0 spiro atoms. The third-order valence-corrected chi connectivity index (χ3v) is 3.86. The van der Waals surface area contributed by atoms with Gasteiger partial charge in [-0.2, -0.15) is 5.10 Å². The standard InChI is InChI=1S/C20H23N3O/c1-21-15-18-14-19(16-24-20-10-6-3-7-11-20)23(22-18)13-12-17-8-4-2-5-9-17/h2-11,14,21H,12-13,15-16H2,1H3. The highest BCUT2D eigenvalue weighted by Gasteiger charge is 2.09. The van der Waals surface area contributed by atoms with Gasteiger partial charge in [-0.3, -0.25) is 4.68 Å². The molecule has 124 valence electrons. The second kappa shape index (κ2) is 8.31. The molecule has 4 heteroatoms. The van der Waals surface area contributed by atoms with Gasteiger partial charge >= 0.3 is 0 Å². The summed E-state index contributed by atoms with van der Waals surface area (Å²) in [7, 11) is 1.93. The second-order valence-corrected chi connectivity index (χ2v) is 5.72. The van der Waals surface area contributed by atoms with Crippen molar-refractivity contribution in [1.29, 1.82) is 0 Å². The molecule has 0 atom stereocenters. The first kappa shape index (κ1) is 16.3. The number of hydrogen-bond donors (Lipinski definition) is 1. The number of nitrogens with one attached hydrogen (secondary N) is 1. The zero-order valence-electron chi connectivity index (χ0n) is 14.0. The fraction of sp³-hybridized carbons (Fsp3) is 0.250. The molecule has 0 aliphatic rings. The van der Waals surface area contributed by atoms with Crippen molar-refractivity contribution in [1.82, 2.24) is 15.1 Å². The Hall–Kier alpha value is -2.59. The van der Waals surface area contributed by atoms with E-state index in [4.69, 9.17) is 9.84 Å². The first-order valence-electron chi connectivity index (χ1n) is 8.27. The highest BCUT2D eigenvalue weighted by molar-refractivity contribution is 5.22. The smallest absolute Gasteiger partial charge is 0.130 e. The molecule has 2 aromatic carbocycles. The van der Waals surface area contributed by atoms with Crippen LogP contribution in [0.25, 0.3) is 0 Å². The maximum Gasteiger partial charge on any atom is 0.130 e. The van der Waals surface area contributed by atoms with E-state index in [9.17, 15) is 0 Å². The molecule has 0 radical (unpaired) electrons. The van der Waals surface area contributed by atoms with Gasteiger partial charge in [0.05, 0.1) is 11.4 Å². The third kappa shape index (κ3) is 4.46. The molecule has 0 saturated carbocycles. The van der Waals surface area contributed by atoms with Crippen LogP contribution in [0.15, 0.2) is 66.7 Å². The van der Waals surface area contributed by atoms with Gasteiger partial charge in [-0.25, -0.2) is 0 Å². The molecule has 0 fully saturated rings. The SMILES string of the molecule is CNCc1cc(COc2ccccc2)n(CCc2ccccc2)n1. The Morgan fingerprint density at radius 2 is 1.71 bits per heavy atom. The van der Waals surface area contributed by atoms with Gasteiger partial charge in [0.25, 0.3) is 0 Å². The summed E-state index contributed by atoms with van der Waals surface area (Å²) >= 11 is 0. The van der Waals surface area contributed by atoms with E-state index in [0.29, 0.717) is 6.61 Å². The molecule has 3 aromatic rings. The Morgan fingerprint density at radius 3 is 2.42 bits per heavy atom. The van der Waals surface area contributed by atoms with Crippen molar-refractivity contribution in [2.24, 2.45) is 0 Å². The lowest BCUT2D eigenvalue weighted by molar-refractivity contribution is 0.291. The number of aromatic nitrogens is 2. The predicted molar refractivity (Wildman–Crippen MR) is 95.9 cm³/mol. The van der Waals surface area contributed by atoms with Crippen LogP contribution in [0, 0.1) is 0 Å². The van der Waals surface area contributed by atoms with Gasteiger partial charge < -0.3 is 10.1 Å². The minimum Gasteiger partial charge on any atom is -0.487 e. The average molecular weight is 321 g/mol. The quantitative estimate of drug-likeness (QED) is 0.691. The fourth-order valence-electron chi connectivity index (χ4n) is 2.65.